The number of nitrogens with zero attached hydrogens (tertiary/aromatic N) is 2. The zero-order chi connectivity index (χ0) is 14.8. The first-order valence-corrected chi connectivity index (χ1v) is 8.26. The van der Waals surface area contributed by atoms with Gasteiger partial charge >= 0.3 is 0 Å². The van der Waals surface area contributed by atoms with Gasteiger partial charge < -0.3 is 15.1 Å². The number of carbonyl (C=O) groups excluding carboxylic acids is 1. The van der Waals surface area contributed by atoms with Crippen molar-refractivity contribution in [2.24, 2.45) is 11.1 Å². The van der Waals surface area contributed by atoms with Gasteiger partial charge in [0.2, 0.25) is 0 Å². The third-order valence-corrected chi connectivity index (χ3v) is 6.07. The normalized spacial score (nSPS) is 22.0. The molecule has 1 radical (unpaired) electrons. The molecule has 0 aliphatic carbocycles. The number of sulfone groups is 1. The number of hydrogen-bond acceptors (Lipinski definition) is 6. The summed E-state index contributed by atoms with van der Waals surface area (Å²) in [5.74, 6) is -0.140. The predicted molar refractivity (Wildman–Crippen MR) is 74.7 cm³/mol. The van der Waals surface area contributed by atoms with Crippen molar-refractivity contribution in [2.75, 3.05) is 29.5 Å². The van der Waals surface area contributed by atoms with E-state index in [1.54, 1.807) is 12.1 Å². The maximum absolute atomic E-state index is 11.3. The van der Waals surface area contributed by atoms with Crippen LogP contribution in [0.2, 0.25) is 0 Å². The molecular weight excluding hydrogens is 294 g/mol. The van der Waals surface area contributed by atoms with Gasteiger partial charge in [0.05, 0.1) is 17.1 Å². The number of oxazole rings is 1. The lowest BCUT2D eigenvalue weighted by Gasteiger charge is -2.54. The molecule has 2 fully saturated rings. The van der Waals surface area contributed by atoms with Gasteiger partial charge in [-0.15, -0.1) is 0 Å². The topological polar surface area (TPSA) is 107 Å². The molecular formula is C13H12N3O4S. The molecule has 0 bridgehead atoms. The summed E-state index contributed by atoms with van der Waals surface area (Å²) in [5.41, 5.74) is 6.20. The first-order chi connectivity index (χ1) is 9.88. The molecule has 0 atom stereocenters. The Labute approximate surface area is 120 Å². The Hall–Kier alpha value is -2.09. The number of anilines is 1. The summed E-state index contributed by atoms with van der Waals surface area (Å²) >= 11 is 0. The van der Waals surface area contributed by atoms with E-state index < -0.39 is 15.7 Å². The average molecular weight is 306 g/mol. The van der Waals surface area contributed by atoms with Crippen LogP contribution >= 0.6 is 0 Å². The van der Waals surface area contributed by atoms with Crippen LogP contribution < -0.4 is 10.6 Å². The van der Waals surface area contributed by atoms with Crippen LogP contribution in [0.5, 0.6) is 0 Å². The predicted octanol–water partition coefficient (Wildman–Crippen LogP) is -0.0383. The van der Waals surface area contributed by atoms with E-state index in [0.29, 0.717) is 30.2 Å². The molecule has 21 heavy (non-hydrogen) atoms. The Balaban J connectivity index is 1.62. The molecule has 2 saturated heterocycles. The highest BCUT2D eigenvalue weighted by molar-refractivity contribution is 7.92. The van der Waals surface area contributed by atoms with Gasteiger partial charge in [-0.3, -0.25) is 4.79 Å². The minimum atomic E-state index is -2.84. The Morgan fingerprint density at radius 2 is 2.14 bits per heavy atom. The summed E-state index contributed by atoms with van der Waals surface area (Å²) in [6.45, 7) is 1.21. The lowest BCUT2D eigenvalue weighted by Crippen LogP contribution is -2.68. The minimum Gasteiger partial charge on any atom is -0.423 e. The van der Waals surface area contributed by atoms with Crippen molar-refractivity contribution in [1.82, 2.24) is 4.98 Å². The summed E-state index contributed by atoms with van der Waals surface area (Å²) in [6, 6.07) is 6.38. The van der Waals surface area contributed by atoms with Crippen LogP contribution in [0.1, 0.15) is 10.4 Å². The van der Waals surface area contributed by atoms with Gasteiger partial charge in [0.25, 0.3) is 11.9 Å². The second-order valence-corrected chi connectivity index (χ2v) is 7.88. The molecule has 7 nitrogen and oxygen atoms in total. The van der Waals surface area contributed by atoms with Gasteiger partial charge in [-0.25, -0.2) is 8.42 Å². The number of fused-ring (bicyclic) bond motifs is 1. The molecule has 1 spiro atoms. The van der Waals surface area contributed by atoms with Gasteiger partial charge in [0.15, 0.2) is 15.4 Å². The summed E-state index contributed by atoms with van der Waals surface area (Å²) in [6.07, 6.45) is 0. The van der Waals surface area contributed by atoms with Crippen LogP contribution in [0, 0.1) is 11.5 Å². The van der Waals surface area contributed by atoms with Crippen LogP contribution in [-0.4, -0.2) is 43.9 Å². The molecule has 2 aliphatic heterocycles. The molecule has 3 heterocycles. The van der Waals surface area contributed by atoms with Crippen molar-refractivity contribution < 1.29 is 17.6 Å². The van der Waals surface area contributed by atoms with E-state index in [1.165, 1.54) is 0 Å². The lowest BCUT2D eigenvalue weighted by molar-refractivity contribution is 0.100. The second-order valence-electron chi connectivity index (χ2n) is 5.81. The highest BCUT2D eigenvalue weighted by Crippen LogP contribution is 2.43. The van der Waals surface area contributed by atoms with Crippen molar-refractivity contribution in [1.29, 1.82) is 0 Å². The fraction of sp³-hybridized carbons (Fsp3) is 0.385. The van der Waals surface area contributed by atoms with E-state index in [4.69, 9.17) is 10.2 Å². The Morgan fingerprint density at radius 1 is 1.43 bits per heavy atom. The monoisotopic (exact) mass is 306 g/mol. The quantitative estimate of drug-likeness (QED) is 0.834. The van der Waals surface area contributed by atoms with Crippen LogP contribution in [0.15, 0.2) is 16.5 Å². The first-order valence-electron chi connectivity index (χ1n) is 6.44. The molecule has 1 aromatic heterocycles. The van der Waals surface area contributed by atoms with Gasteiger partial charge in [-0.05, 0) is 18.2 Å². The molecule has 0 unspecified atom stereocenters. The largest absolute Gasteiger partial charge is 0.423 e. The Kier molecular flexibility index (Phi) is 2.26. The van der Waals surface area contributed by atoms with Gasteiger partial charge in [0.1, 0.15) is 5.52 Å². The van der Waals surface area contributed by atoms with Crippen molar-refractivity contribution in [3.63, 3.8) is 0 Å². The highest BCUT2D eigenvalue weighted by Gasteiger charge is 2.56. The number of amides is 1. The van der Waals surface area contributed by atoms with E-state index in [0.717, 1.165) is 0 Å². The first kappa shape index (κ1) is 12.6. The van der Waals surface area contributed by atoms with E-state index in [2.05, 4.69) is 11.1 Å². The second kappa shape index (κ2) is 3.76. The number of carbonyl (C=O) groups is 1. The fourth-order valence-corrected chi connectivity index (χ4v) is 5.32. The number of primary amides is 1. The van der Waals surface area contributed by atoms with Crippen molar-refractivity contribution in [3.05, 3.63) is 23.8 Å². The maximum Gasteiger partial charge on any atom is 0.298 e. The van der Waals surface area contributed by atoms with Gasteiger partial charge in [0, 0.05) is 18.5 Å². The highest BCUT2D eigenvalue weighted by atomic mass is 32.2. The molecule has 2 aromatic rings. The van der Waals surface area contributed by atoms with Gasteiger partial charge in [-0.1, -0.05) is 0 Å². The van der Waals surface area contributed by atoms with Gasteiger partial charge in [-0.2, -0.15) is 4.98 Å². The van der Waals surface area contributed by atoms with Crippen LogP contribution in [-0.2, 0) is 9.84 Å². The smallest absolute Gasteiger partial charge is 0.298 e. The number of aromatic nitrogens is 1. The summed E-state index contributed by atoms with van der Waals surface area (Å²) in [4.78, 5) is 17.5. The fourth-order valence-electron chi connectivity index (χ4n) is 3.18. The Morgan fingerprint density at radius 3 is 2.76 bits per heavy atom. The summed E-state index contributed by atoms with van der Waals surface area (Å²) < 4.78 is 28.2. The van der Waals surface area contributed by atoms with E-state index in [9.17, 15) is 13.2 Å². The third kappa shape index (κ3) is 1.82. The van der Waals surface area contributed by atoms with Crippen molar-refractivity contribution >= 4 is 32.9 Å². The zero-order valence-corrected chi connectivity index (χ0v) is 11.8. The molecule has 1 amide bonds. The Bertz CT molecular complexity index is 851. The SMILES string of the molecule is NC(=O)c1[c]ccc2oc(N3CC4(C3)CS(=O)(=O)C4)nc12. The zero-order valence-electron chi connectivity index (χ0n) is 11.0. The minimum absolute atomic E-state index is 0.141. The van der Waals surface area contributed by atoms with Crippen LogP contribution in [0.3, 0.4) is 0 Å². The summed E-state index contributed by atoms with van der Waals surface area (Å²) in [7, 11) is -2.84. The maximum atomic E-state index is 11.3. The molecule has 4 rings (SSSR count). The number of benzene rings is 1. The van der Waals surface area contributed by atoms with Crippen molar-refractivity contribution in [3.8, 4) is 0 Å². The molecule has 2 aliphatic rings. The molecule has 1 aromatic carbocycles. The molecule has 0 saturated carbocycles. The number of rotatable bonds is 2. The molecule has 2 N–H and O–H groups in total. The summed E-state index contributed by atoms with van der Waals surface area (Å²) in [5, 5.41) is 0. The van der Waals surface area contributed by atoms with E-state index >= 15 is 0 Å². The van der Waals surface area contributed by atoms with E-state index in [-0.39, 0.29) is 22.5 Å². The molecule has 8 heteroatoms. The lowest BCUT2D eigenvalue weighted by atomic mass is 9.83. The van der Waals surface area contributed by atoms with E-state index in [1.807, 2.05) is 4.90 Å². The number of hydrogen-bond donors (Lipinski definition) is 1. The van der Waals surface area contributed by atoms with Crippen LogP contribution in [0.25, 0.3) is 11.1 Å². The average Bonchev–Trinajstić information content (AvgIpc) is 2.74. The van der Waals surface area contributed by atoms with Crippen molar-refractivity contribution in [2.45, 2.75) is 0 Å². The van der Waals surface area contributed by atoms with Crippen LogP contribution in [0.4, 0.5) is 6.01 Å². The number of nitrogens with two attached hydrogens (primary N) is 1. The molecule has 109 valence electrons. The third-order valence-electron chi connectivity index (χ3n) is 3.96. The standard InChI is InChI=1S/C13H12N3O4S/c14-11(17)8-2-1-3-9-10(8)15-12(20-9)16-4-13(5-16)6-21(18,19)7-13/h1,3H,4-7H2,(H2,14,17).